The summed E-state index contributed by atoms with van der Waals surface area (Å²) in [4.78, 5) is 27.7. The van der Waals surface area contributed by atoms with Crippen LogP contribution in [-0.4, -0.2) is 31.9 Å². The van der Waals surface area contributed by atoms with E-state index in [4.69, 9.17) is 11.6 Å². The zero-order valence-electron chi connectivity index (χ0n) is 18.0. The molecule has 1 aliphatic rings. The minimum absolute atomic E-state index is 0.0414. The summed E-state index contributed by atoms with van der Waals surface area (Å²) in [6.45, 7) is 6.02. The van der Waals surface area contributed by atoms with Gasteiger partial charge in [0.25, 0.3) is 5.91 Å². The Morgan fingerprint density at radius 3 is 2.53 bits per heavy atom. The van der Waals surface area contributed by atoms with E-state index in [2.05, 4.69) is 5.10 Å². The van der Waals surface area contributed by atoms with Crippen molar-refractivity contribution in [2.75, 3.05) is 11.4 Å². The number of hydrogen-bond acceptors (Lipinski definition) is 4. The molecule has 9 heteroatoms. The molecule has 7 nitrogen and oxygen atoms in total. The van der Waals surface area contributed by atoms with E-state index in [1.165, 1.54) is 16.7 Å². The fraction of sp³-hybridized carbons (Fsp3) is 0.348. The second-order valence-corrected chi connectivity index (χ2v) is 8.53. The number of anilines is 1. The SMILES string of the molecule is CCn1c(CO)nn(-c2cc3c(cc2F)C(=O)N(c2ccccc2Cl)CC3C(C)C)c1=O. The quantitative estimate of drug-likeness (QED) is 0.631. The molecular weight excluding hydrogens is 435 g/mol. The van der Waals surface area contributed by atoms with Crippen LogP contribution < -0.4 is 10.6 Å². The lowest BCUT2D eigenvalue weighted by Crippen LogP contribution is -2.42. The third-order valence-corrected chi connectivity index (χ3v) is 6.27. The molecule has 0 saturated carbocycles. The number of aliphatic hydroxyl groups is 1. The molecule has 1 unspecified atom stereocenters. The Labute approximate surface area is 189 Å². The van der Waals surface area contributed by atoms with E-state index < -0.39 is 18.1 Å². The van der Waals surface area contributed by atoms with Crippen molar-refractivity contribution in [1.29, 1.82) is 0 Å². The number of amides is 1. The fourth-order valence-electron chi connectivity index (χ4n) is 4.23. The number of aromatic nitrogens is 3. The molecule has 1 aliphatic heterocycles. The van der Waals surface area contributed by atoms with E-state index in [0.717, 1.165) is 4.68 Å². The zero-order chi connectivity index (χ0) is 23.2. The van der Waals surface area contributed by atoms with Crippen LogP contribution in [0.15, 0.2) is 41.2 Å². The van der Waals surface area contributed by atoms with Crippen LogP contribution >= 0.6 is 11.6 Å². The number of benzene rings is 2. The average molecular weight is 459 g/mol. The van der Waals surface area contributed by atoms with Gasteiger partial charge in [0.1, 0.15) is 18.1 Å². The highest BCUT2D eigenvalue weighted by Crippen LogP contribution is 2.39. The van der Waals surface area contributed by atoms with Crippen LogP contribution in [0.25, 0.3) is 5.69 Å². The van der Waals surface area contributed by atoms with Gasteiger partial charge in [0.15, 0.2) is 5.82 Å². The van der Waals surface area contributed by atoms with Gasteiger partial charge in [-0.25, -0.2) is 9.18 Å². The smallest absolute Gasteiger partial charge is 0.350 e. The molecule has 4 rings (SSSR count). The highest BCUT2D eigenvalue weighted by Gasteiger charge is 2.36. The number of fused-ring (bicyclic) bond motifs is 1. The summed E-state index contributed by atoms with van der Waals surface area (Å²) in [6.07, 6.45) is 0. The summed E-state index contributed by atoms with van der Waals surface area (Å²) < 4.78 is 17.5. The van der Waals surface area contributed by atoms with E-state index in [1.54, 1.807) is 36.1 Å². The molecule has 0 spiro atoms. The largest absolute Gasteiger partial charge is 0.388 e. The van der Waals surface area contributed by atoms with Crippen LogP contribution in [0.2, 0.25) is 5.02 Å². The molecule has 1 atom stereocenters. The summed E-state index contributed by atoms with van der Waals surface area (Å²) in [5, 5.41) is 14.1. The molecule has 0 aliphatic carbocycles. The van der Waals surface area contributed by atoms with Crippen LogP contribution in [-0.2, 0) is 13.2 Å². The maximum atomic E-state index is 15.2. The van der Waals surface area contributed by atoms with Crippen molar-refractivity contribution >= 4 is 23.2 Å². The van der Waals surface area contributed by atoms with Crippen molar-refractivity contribution in [2.24, 2.45) is 5.92 Å². The molecule has 2 aromatic carbocycles. The van der Waals surface area contributed by atoms with E-state index in [-0.39, 0.29) is 34.8 Å². The number of aliphatic hydroxyl groups excluding tert-OH is 1. The van der Waals surface area contributed by atoms with Gasteiger partial charge in [0, 0.05) is 24.6 Å². The second-order valence-electron chi connectivity index (χ2n) is 8.12. The van der Waals surface area contributed by atoms with Crippen molar-refractivity contribution in [3.63, 3.8) is 0 Å². The van der Waals surface area contributed by atoms with Gasteiger partial charge >= 0.3 is 5.69 Å². The first-order valence-corrected chi connectivity index (χ1v) is 10.9. The van der Waals surface area contributed by atoms with E-state index in [0.29, 0.717) is 29.4 Å². The minimum Gasteiger partial charge on any atom is -0.388 e. The minimum atomic E-state index is -0.743. The number of para-hydroxylation sites is 1. The van der Waals surface area contributed by atoms with Crippen molar-refractivity contribution in [3.8, 4) is 5.69 Å². The van der Waals surface area contributed by atoms with Crippen LogP contribution in [0, 0.1) is 11.7 Å². The molecule has 0 fully saturated rings. The molecule has 1 N–H and O–H groups in total. The Balaban J connectivity index is 1.89. The third kappa shape index (κ3) is 3.53. The van der Waals surface area contributed by atoms with E-state index in [9.17, 15) is 14.7 Å². The summed E-state index contributed by atoms with van der Waals surface area (Å²) in [7, 11) is 0. The Hall–Kier alpha value is -2.97. The summed E-state index contributed by atoms with van der Waals surface area (Å²) in [5.41, 5.74) is 0.886. The Morgan fingerprint density at radius 1 is 1.22 bits per heavy atom. The molecule has 1 amide bonds. The van der Waals surface area contributed by atoms with Crippen LogP contribution in [0.1, 0.15) is 48.4 Å². The Kier molecular flexibility index (Phi) is 5.92. The average Bonchev–Trinajstić information content (AvgIpc) is 3.09. The van der Waals surface area contributed by atoms with Gasteiger partial charge in [-0.3, -0.25) is 9.36 Å². The van der Waals surface area contributed by atoms with Gasteiger partial charge in [0.05, 0.1) is 10.7 Å². The number of hydrogen-bond donors (Lipinski definition) is 1. The predicted molar refractivity (Wildman–Crippen MR) is 120 cm³/mol. The maximum Gasteiger partial charge on any atom is 0.350 e. The third-order valence-electron chi connectivity index (χ3n) is 5.95. The van der Waals surface area contributed by atoms with Crippen LogP contribution in [0.4, 0.5) is 10.1 Å². The van der Waals surface area contributed by atoms with E-state index >= 15 is 4.39 Å². The highest BCUT2D eigenvalue weighted by atomic mass is 35.5. The first-order chi connectivity index (χ1) is 15.3. The van der Waals surface area contributed by atoms with Crippen molar-refractivity contribution in [2.45, 2.75) is 39.8 Å². The highest BCUT2D eigenvalue weighted by molar-refractivity contribution is 6.34. The van der Waals surface area contributed by atoms with Gasteiger partial charge in [-0.1, -0.05) is 37.6 Å². The first kappa shape index (κ1) is 22.2. The lowest BCUT2D eigenvalue weighted by molar-refractivity contribution is 0.0973. The maximum absolute atomic E-state index is 15.2. The van der Waals surface area contributed by atoms with Crippen LogP contribution in [0.3, 0.4) is 0 Å². The number of nitrogens with zero attached hydrogens (tertiary/aromatic N) is 4. The molecule has 0 saturated heterocycles. The summed E-state index contributed by atoms with van der Waals surface area (Å²) in [5.74, 6) is -0.926. The van der Waals surface area contributed by atoms with Gasteiger partial charge in [0.2, 0.25) is 0 Å². The summed E-state index contributed by atoms with van der Waals surface area (Å²) >= 11 is 6.34. The van der Waals surface area contributed by atoms with Crippen molar-refractivity contribution < 1.29 is 14.3 Å². The van der Waals surface area contributed by atoms with Gasteiger partial charge in [-0.2, -0.15) is 4.68 Å². The van der Waals surface area contributed by atoms with Crippen molar-refractivity contribution in [1.82, 2.24) is 14.3 Å². The lowest BCUT2D eigenvalue weighted by atomic mass is 9.81. The Bertz CT molecular complexity index is 1250. The molecule has 0 radical (unpaired) electrons. The second kappa shape index (κ2) is 8.52. The predicted octanol–water partition coefficient (Wildman–Crippen LogP) is 3.74. The normalized spacial score (nSPS) is 16.0. The first-order valence-electron chi connectivity index (χ1n) is 10.5. The standard InChI is InChI=1S/C23H24ClFN4O3/c1-4-27-21(12-30)26-29(23(27)32)20-10-14-15(9-18(20)25)22(31)28(11-16(14)13(2)3)19-8-6-5-7-17(19)24/h5-10,13,16,30H,4,11-12H2,1-3H3. The van der Waals surface area contributed by atoms with Gasteiger partial charge in [-0.15, -0.1) is 5.10 Å². The van der Waals surface area contributed by atoms with Crippen LogP contribution in [0.5, 0.6) is 0 Å². The molecule has 1 aromatic heterocycles. The Morgan fingerprint density at radius 2 is 1.94 bits per heavy atom. The molecule has 168 valence electrons. The van der Waals surface area contributed by atoms with Gasteiger partial charge in [-0.05, 0) is 42.7 Å². The topological polar surface area (TPSA) is 80.4 Å². The van der Waals surface area contributed by atoms with E-state index in [1.807, 2.05) is 13.8 Å². The fourth-order valence-corrected chi connectivity index (χ4v) is 4.47. The molecule has 3 aromatic rings. The molecule has 2 heterocycles. The number of rotatable bonds is 5. The number of carbonyl (C=O) groups excluding carboxylic acids is 1. The van der Waals surface area contributed by atoms with Gasteiger partial charge < -0.3 is 10.0 Å². The van der Waals surface area contributed by atoms with Crippen molar-refractivity contribution in [3.05, 3.63) is 74.7 Å². The summed E-state index contributed by atoms with van der Waals surface area (Å²) in [6, 6.07) is 9.76. The number of carbonyl (C=O) groups is 1. The number of halogens is 2. The lowest BCUT2D eigenvalue weighted by Gasteiger charge is -2.37. The molecule has 32 heavy (non-hydrogen) atoms. The molecule has 0 bridgehead atoms. The zero-order valence-corrected chi connectivity index (χ0v) is 18.8. The molecular formula is C23H24ClFN4O3. The monoisotopic (exact) mass is 458 g/mol.